The maximum absolute atomic E-state index is 5.65. The zero-order chi connectivity index (χ0) is 17.6. The third kappa shape index (κ3) is 4.44. The van der Waals surface area contributed by atoms with Gasteiger partial charge in [-0.15, -0.1) is 0 Å². The van der Waals surface area contributed by atoms with Gasteiger partial charge in [0.05, 0.1) is 7.11 Å². The molecule has 3 rings (SSSR count). The Bertz CT molecular complexity index is 703. The van der Waals surface area contributed by atoms with Crippen LogP contribution in [0.25, 0.3) is 0 Å². The lowest BCUT2D eigenvalue weighted by Crippen LogP contribution is -2.30. The summed E-state index contributed by atoms with van der Waals surface area (Å²) in [4.78, 5) is 2.21. The third-order valence-corrected chi connectivity index (χ3v) is 4.38. The molecule has 2 aromatic carbocycles. The molecule has 0 fully saturated rings. The molecule has 0 aromatic heterocycles. The van der Waals surface area contributed by atoms with Crippen LogP contribution < -0.4 is 19.5 Å². The van der Waals surface area contributed by atoms with Crippen molar-refractivity contribution in [2.45, 2.75) is 12.6 Å². The number of fused-ring (bicyclic) bond motifs is 1. The summed E-state index contributed by atoms with van der Waals surface area (Å²) in [5, 5.41) is 3.55. The standard InChI is InChI=1S/C20H26N2O3/c1-22(2)18(16-5-4-6-17(12-16)23-3)14-21-13-15-7-8-19-20(11-15)25-10-9-24-19/h4-8,11-12,18,21H,9-10,13-14H2,1-3H3/t18-/m0/s1. The first-order valence-corrected chi connectivity index (χ1v) is 8.57. The number of hydrogen-bond donors (Lipinski definition) is 1. The van der Waals surface area contributed by atoms with Crippen LogP contribution in [-0.4, -0.2) is 45.9 Å². The first kappa shape index (κ1) is 17.6. The zero-order valence-electron chi connectivity index (χ0n) is 15.1. The van der Waals surface area contributed by atoms with E-state index in [0.29, 0.717) is 13.2 Å². The first-order valence-electron chi connectivity index (χ1n) is 8.57. The molecule has 2 aromatic rings. The lowest BCUT2D eigenvalue weighted by atomic mass is 10.1. The van der Waals surface area contributed by atoms with E-state index < -0.39 is 0 Å². The molecule has 0 radical (unpaired) electrons. The van der Waals surface area contributed by atoms with Crippen LogP contribution in [0.3, 0.4) is 0 Å². The Morgan fingerprint density at radius 3 is 2.64 bits per heavy atom. The number of ether oxygens (including phenoxy) is 3. The molecule has 0 bridgehead atoms. The Labute approximate surface area is 149 Å². The number of nitrogens with one attached hydrogen (secondary N) is 1. The van der Waals surface area contributed by atoms with E-state index in [1.54, 1.807) is 7.11 Å². The molecule has 25 heavy (non-hydrogen) atoms. The summed E-state index contributed by atoms with van der Waals surface area (Å²) < 4.78 is 16.6. The van der Waals surface area contributed by atoms with Gasteiger partial charge in [0.2, 0.25) is 0 Å². The van der Waals surface area contributed by atoms with Crippen molar-refractivity contribution in [2.24, 2.45) is 0 Å². The molecular weight excluding hydrogens is 316 g/mol. The quantitative estimate of drug-likeness (QED) is 0.838. The van der Waals surface area contributed by atoms with Gasteiger partial charge in [0.25, 0.3) is 0 Å². The van der Waals surface area contributed by atoms with E-state index in [-0.39, 0.29) is 6.04 Å². The van der Waals surface area contributed by atoms with Crippen molar-refractivity contribution in [3.8, 4) is 17.2 Å². The number of nitrogens with zero attached hydrogens (tertiary/aromatic N) is 1. The zero-order valence-corrected chi connectivity index (χ0v) is 15.1. The van der Waals surface area contributed by atoms with Gasteiger partial charge >= 0.3 is 0 Å². The number of methoxy groups -OCH3 is 1. The van der Waals surface area contributed by atoms with Gasteiger partial charge in [-0.2, -0.15) is 0 Å². The SMILES string of the molecule is COc1cccc([C@H](CNCc2ccc3c(c2)OCCO3)N(C)C)c1. The van der Waals surface area contributed by atoms with Crippen LogP contribution >= 0.6 is 0 Å². The average Bonchev–Trinajstić information content (AvgIpc) is 2.65. The Hall–Kier alpha value is -2.24. The highest BCUT2D eigenvalue weighted by Gasteiger charge is 2.15. The van der Waals surface area contributed by atoms with Gasteiger partial charge in [-0.3, -0.25) is 0 Å². The normalized spacial score (nSPS) is 14.4. The third-order valence-electron chi connectivity index (χ3n) is 4.38. The molecule has 5 heteroatoms. The average molecular weight is 342 g/mol. The smallest absolute Gasteiger partial charge is 0.161 e. The second kappa shape index (κ2) is 8.23. The number of likely N-dealkylation sites (N-methyl/N-ethyl adjacent to an activating group) is 1. The van der Waals surface area contributed by atoms with Gasteiger partial charge < -0.3 is 24.4 Å². The van der Waals surface area contributed by atoms with Crippen LogP contribution in [0.4, 0.5) is 0 Å². The minimum absolute atomic E-state index is 0.271. The molecule has 0 spiro atoms. The van der Waals surface area contributed by atoms with Gasteiger partial charge in [0.1, 0.15) is 19.0 Å². The van der Waals surface area contributed by atoms with Crippen LogP contribution in [0, 0.1) is 0 Å². The van der Waals surface area contributed by atoms with Crippen LogP contribution in [0.2, 0.25) is 0 Å². The highest BCUT2D eigenvalue weighted by atomic mass is 16.6. The summed E-state index contributed by atoms with van der Waals surface area (Å²) in [6.07, 6.45) is 0. The lowest BCUT2D eigenvalue weighted by Gasteiger charge is -2.26. The number of rotatable bonds is 7. The minimum Gasteiger partial charge on any atom is -0.497 e. The summed E-state index contributed by atoms with van der Waals surface area (Å²) in [5.74, 6) is 2.55. The van der Waals surface area contributed by atoms with Crippen LogP contribution in [0.5, 0.6) is 17.2 Å². The van der Waals surface area contributed by atoms with Gasteiger partial charge in [-0.25, -0.2) is 0 Å². The molecule has 0 saturated carbocycles. The van der Waals surface area contributed by atoms with Crippen molar-refractivity contribution in [1.29, 1.82) is 0 Å². The van der Waals surface area contributed by atoms with Crippen molar-refractivity contribution in [3.63, 3.8) is 0 Å². The van der Waals surface area contributed by atoms with Crippen molar-refractivity contribution in [1.82, 2.24) is 10.2 Å². The summed E-state index contributed by atoms with van der Waals surface area (Å²) in [7, 11) is 5.88. The van der Waals surface area contributed by atoms with E-state index in [9.17, 15) is 0 Å². The number of hydrogen-bond acceptors (Lipinski definition) is 5. The van der Waals surface area contributed by atoms with Crippen LogP contribution in [-0.2, 0) is 6.54 Å². The van der Waals surface area contributed by atoms with E-state index in [1.807, 2.05) is 18.2 Å². The van der Waals surface area contributed by atoms with Gasteiger partial charge in [-0.05, 0) is 49.5 Å². The summed E-state index contributed by atoms with van der Waals surface area (Å²) >= 11 is 0. The maximum Gasteiger partial charge on any atom is 0.161 e. The van der Waals surface area contributed by atoms with Gasteiger partial charge in [0, 0.05) is 19.1 Å². The Balaban J connectivity index is 1.62. The van der Waals surface area contributed by atoms with Crippen molar-refractivity contribution in [3.05, 3.63) is 53.6 Å². The van der Waals surface area contributed by atoms with Crippen LogP contribution in [0.15, 0.2) is 42.5 Å². The monoisotopic (exact) mass is 342 g/mol. The molecule has 1 atom stereocenters. The fraction of sp³-hybridized carbons (Fsp3) is 0.400. The molecule has 5 nitrogen and oxygen atoms in total. The van der Waals surface area contributed by atoms with E-state index in [0.717, 1.165) is 30.3 Å². The van der Waals surface area contributed by atoms with E-state index in [1.165, 1.54) is 11.1 Å². The van der Waals surface area contributed by atoms with Crippen molar-refractivity contribution < 1.29 is 14.2 Å². The molecule has 0 unspecified atom stereocenters. The van der Waals surface area contributed by atoms with Crippen molar-refractivity contribution in [2.75, 3.05) is 41.0 Å². The van der Waals surface area contributed by atoms with Crippen LogP contribution in [0.1, 0.15) is 17.2 Å². The summed E-state index contributed by atoms with van der Waals surface area (Å²) in [5.41, 5.74) is 2.42. The van der Waals surface area contributed by atoms with Gasteiger partial charge in [-0.1, -0.05) is 18.2 Å². The topological polar surface area (TPSA) is 43.0 Å². The molecule has 1 aliphatic rings. The van der Waals surface area contributed by atoms with E-state index >= 15 is 0 Å². The molecule has 0 aliphatic carbocycles. The predicted octanol–water partition coefficient (Wildman–Crippen LogP) is 2.86. The van der Waals surface area contributed by atoms with Gasteiger partial charge in [0.15, 0.2) is 11.5 Å². The molecule has 1 heterocycles. The lowest BCUT2D eigenvalue weighted by molar-refractivity contribution is 0.171. The molecular formula is C20H26N2O3. The van der Waals surface area contributed by atoms with E-state index in [2.05, 4.69) is 48.6 Å². The minimum atomic E-state index is 0.271. The Kier molecular flexibility index (Phi) is 5.79. The first-order chi connectivity index (χ1) is 12.2. The van der Waals surface area contributed by atoms with Crippen molar-refractivity contribution >= 4 is 0 Å². The highest BCUT2D eigenvalue weighted by molar-refractivity contribution is 5.43. The Morgan fingerprint density at radius 1 is 1.08 bits per heavy atom. The fourth-order valence-corrected chi connectivity index (χ4v) is 3.00. The predicted molar refractivity (Wildman–Crippen MR) is 98.6 cm³/mol. The maximum atomic E-state index is 5.65. The summed E-state index contributed by atoms with van der Waals surface area (Å²) in [6, 6.07) is 14.6. The number of benzene rings is 2. The molecule has 0 saturated heterocycles. The molecule has 1 N–H and O–H groups in total. The molecule has 134 valence electrons. The molecule has 1 aliphatic heterocycles. The largest absolute Gasteiger partial charge is 0.497 e. The van der Waals surface area contributed by atoms with E-state index in [4.69, 9.17) is 14.2 Å². The highest BCUT2D eigenvalue weighted by Crippen LogP contribution is 2.30. The fourth-order valence-electron chi connectivity index (χ4n) is 3.00. The second-order valence-corrected chi connectivity index (χ2v) is 6.36. The second-order valence-electron chi connectivity index (χ2n) is 6.36. The molecule has 0 amide bonds. The Morgan fingerprint density at radius 2 is 1.88 bits per heavy atom. The summed E-state index contributed by atoms with van der Waals surface area (Å²) in [6.45, 7) is 2.86.